The number of carbonyl (C=O) groups excluding carboxylic acids is 3. The van der Waals surface area contributed by atoms with E-state index in [-0.39, 0.29) is 24.3 Å². The summed E-state index contributed by atoms with van der Waals surface area (Å²) in [6.45, 7) is 2.03. The van der Waals surface area contributed by atoms with Crippen molar-refractivity contribution in [3.05, 3.63) is 0 Å². The lowest BCUT2D eigenvalue weighted by Gasteiger charge is -2.27. The number of ether oxygens (including phenoxy) is 1. The van der Waals surface area contributed by atoms with Crippen molar-refractivity contribution >= 4 is 17.8 Å². The van der Waals surface area contributed by atoms with Gasteiger partial charge in [-0.3, -0.25) is 14.9 Å². The van der Waals surface area contributed by atoms with E-state index in [0.29, 0.717) is 26.2 Å². The van der Waals surface area contributed by atoms with Crippen LogP contribution in [-0.4, -0.2) is 54.6 Å². The third kappa shape index (κ3) is 2.07. The van der Waals surface area contributed by atoms with Crippen LogP contribution >= 0.6 is 0 Å². The molecule has 1 atom stereocenters. The highest BCUT2D eigenvalue weighted by molar-refractivity contribution is 6.07. The van der Waals surface area contributed by atoms with Crippen LogP contribution in [0.1, 0.15) is 19.3 Å². The fraction of sp³-hybridized carbons (Fsp3) is 0.750. The minimum Gasteiger partial charge on any atom is -0.381 e. The second-order valence-electron chi connectivity index (χ2n) is 5.39. The molecular weight excluding hydrogens is 250 g/mol. The molecule has 0 saturated carbocycles. The molecule has 3 saturated heterocycles. The molecule has 1 spiro atoms. The van der Waals surface area contributed by atoms with E-state index in [0.717, 1.165) is 12.8 Å². The summed E-state index contributed by atoms with van der Waals surface area (Å²) < 4.78 is 5.25. The first-order valence-corrected chi connectivity index (χ1v) is 6.61. The van der Waals surface area contributed by atoms with Crippen LogP contribution in [-0.2, 0) is 14.3 Å². The monoisotopic (exact) mass is 267 g/mol. The molecule has 3 aliphatic heterocycles. The molecule has 0 radical (unpaired) electrons. The summed E-state index contributed by atoms with van der Waals surface area (Å²) in [6.07, 6.45) is 1.96. The highest BCUT2D eigenvalue weighted by atomic mass is 16.5. The number of likely N-dealkylation sites (tertiary alicyclic amines) is 1. The van der Waals surface area contributed by atoms with Gasteiger partial charge in [0.05, 0.1) is 6.54 Å². The number of nitrogens with zero attached hydrogens (tertiary/aromatic N) is 1. The second kappa shape index (κ2) is 4.48. The zero-order chi connectivity index (χ0) is 13.5. The fourth-order valence-corrected chi connectivity index (χ4v) is 3.02. The Balaban J connectivity index is 1.67. The molecule has 1 unspecified atom stereocenters. The molecule has 0 aromatic rings. The van der Waals surface area contributed by atoms with Gasteiger partial charge in [-0.1, -0.05) is 0 Å². The van der Waals surface area contributed by atoms with Crippen LogP contribution in [0.3, 0.4) is 0 Å². The first kappa shape index (κ1) is 12.4. The summed E-state index contributed by atoms with van der Waals surface area (Å²) in [5.74, 6) is -0.252. The van der Waals surface area contributed by atoms with E-state index in [1.807, 2.05) is 0 Å². The summed E-state index contributed by atoms with van der Waals surface area (Å²) in [5.41, 5.74) is -0.905. The van der Waals surface area contributed by atoms with Gasteiger partial charge >= 0.3 is 6.03 Å². The number of amides is 4. The molecule has 0 aliphatic carbocycles. The number of urea groups is 1. The number of carbonyl (C=O) groups is 3. The maximum atomic E-state index is 12.4. The number of hydrogen-bond donors (Lipinski definition) is 2. The molecule has 7 heteroatoms. The van der Waals surface area contributed by atoms with Gasteiger partial charge in [0.2, 0.25) is 5.91 Å². The highest BCUT2D eigenvalue weighted by Crippen LogP contribution is 2.27. The molecule has 4 amide bonds. The van der Waals surface area contributed by atoms with E-state index in [4.69, 9.17) is 4.74 Å². The third-order valence-electron chi connectivity index (χ3n) is 4.17. The number of nitrogens with one attached hydrogen (secondary N) is 2. The van der Waals surface area contributed by atoms with Crippen molar-refractivity contribution in [1.29, 1.82) is 0 Å². The van der Waals surface area contributed by atoms with Gasteiger partial charge in [-0.2, -0.15) is 0 Å². The van der Waals surface area contributed by atoms with Crippen molar-refractivity contribution in [3.8, 4) is 0 Å². The summed E-state index contributed by atoms with van der Waals surface area (Å²) >= 11 is 0. The van der Waals surface area contributed by atoms with Gasteiger partial charge in [-0.05, 0) is 19.3 Å². The van der Waals surface area contributed by atoms with Crippen LogP contribution in [0.2, 0.25) is 0 Å². The smallest absolute Gasteiger partial charge is 0.322 e. The Labute approximate surface area is 110 Å². The van der Waals surface area contributed by atoms with E-state index in [9.17, 15) is 14.4 Å². The average molecular weight is 267 g/mol. The molecule has 0 aromatic carbocycles. The van der Waals surface area contributed by atoms with Gasteiger partial charge < -0.3 is 15.0 Å². The Bertz CT molecular complexity index is 433. The normalized spacial score (nSPS) is 31.7. The van der Waals surface area contributed by atoms with Crippen molar-refractivity contribution in [2.45, 2.75) is 24.8 Å². The summed E-state index contributed by atoms with van der Waals surface area (Å²) in [7, 11) is 0. The Morgan fingerprint density at radius 1 is 1.32 bits per heavy atom. The molecule has 19 heavy (non-hydrogen) atoms. The van der Waals surface area contributed by atoms with Crippen LogP contribution in [0.15, 0.2) is 0 Å². The molecule has 3 rings (SSSR count). The predicted octanol–water partition coefficient (Wildman–Crippen LogP) is -0.776. The number of hydrogen-bond acceptors (Lipinski definition) is 4. The predicted molar refractivity (Wildman–Crippen MR) is 64.1 cm³/mol. The van der Waals surface area contributed by atoms with Gasteiger partial charge in [-0.25, -0.2) is 4.79 Å². The first-order chi connectivity index (χ1) is 9.11. The van der Waals surface area contributed by atoms with Crippen LogP contribution < -0.4 is 10.6 Å². The average Bonchev–Trinajstić information content (AvgIpc) is 2.95. The van der Waals surface area contributed by atoms with Crippen molar-refractivity contribution in [3.63, 3.8) is 0 Å². The lowest BCUT2D eigenvalue weighted by molar-refractivity contribution is -0.137. The summed E-state index contributed by atoms with van der Waals surface area (Å²) in [5, 5.41) is 4.89. The van der Waals surface area contributed by atoms with Crippen LogP contribution in [0.5, 0.6) is 0 Å². The molecule has 0 bridgehead atoms. The number of rotatable bonds is 1. The minimum absolute atomic E-state index is 0.0101. The molecule has 2 N–H and O–H groups in total. The third-order valence-corrected chi connectivity index (χ3v) is 4.17. The Morgan fingerprint density at radius 2 is 2.05 bits per heavy atom. The molecule has 3 aliphatic rings. The molecule has 104 valence electrons. The van der Waals surface area contributed by atoms with Crippen LogP contribution in [0, 0.1) is 5.92 Å². The van der Waals surface area contributed by atoms with Crippen molar-refractivity contribution in [2.24, 2.45) is 5.92 Å². The maximum Gasteiger partial charge on any atom is 0.322 e. The molecule has 3 fully saturated rings. The molecule has 7 nitrogen and oxygen atoms in total. The van der Waals surface area contributed by atoms with E-state index >= 15 is 0 Å². The van der Waals surface area contributed by atoms with Crippen molar-refractivity contribution < 1.29 is 19.1 Å². The van der Waals surface area contributed by atoms with E-state index in [1.165, 1.54) is 0 Å². The largest absolute Gasteiger partial charge is 0.381 e. The maximum absolute atomic E-state index is 12.4. The zero-order valence-electron chi connectivity index (χ0n) is 10.6. The molecule has 0 aromatic heterocycles. The van der Waals surface area contributed by atoms with Gasteiger partial charge in [0.1, 0.15) is 5.54 Å². The van der Waals surface area contributed by atoms with Gasteiger partial charge in [0, 0.05) is 25.7 Å². The Hall–Kier alpha value is -1.63. The number of imide groups is 1. The summed E-state index contributed by atoms with van der Waals surface area (Å²) in [6, 6.07) is -0.467. The van der Waals surface area contributed by atoms with Crippen molar-refractivity contribution in [1.82, 2.24) is 15.5 Å². The minimum atomic E-state index is -0.905. The van der Waals surface area contributed by atoms with Crippen LogP contribution in [0.4, 0.5) is 4.79 Å². The van der Waals surface area contributed by atoms with Crippen molar-refractivity contribution in [2.75, 3.05) is 26.3 Å². The zero-order valence-corrected chi connectivity index (χ0v) is 10.6. The lowest BCUT2D eigenvalue weighted by atomic mass is 9.98. The van der Waals surface area contributed by atoms with Crippen LogP contribution in [0.25, 0.3) is 0 Å². The van der Waals surface area contributed by atoms with Gasteiger partial charge in [0.25, 0.3) is 5.91 Å². The molecule has 3 heterocycles. The second-order valence-corrected chi connectivity index (χ2v) is 5.39. The fourth-order valence-electron chi connectivity index (χ4n) is 3.02. The van der Waals surface area contributed by atoms with Gasteiger partial charge in [0.15, 0.2) is 0 Å². The lowest BCUT2D eigenvalue weighted by Crippen LogP contribution is -2.50. The summed E-state index contributed by atoms with van der Waals surface area (Å²) in [4.78, 5) is 37.1. The highest BCUT2D eigenvalue weighted by Gasteiger charge is 2.52. The SMILES string of the molecule is O=C1NC(=O)C2(CCN(C(=O)C3CCOCC3)C2)N1. The topological polar surface area (TPSA) is 87.7 Å². The Morgan fingerprint density at radius 3 is 2.68 bits per heavy atom. The standard InChI is InChI=1S/C12H17N3O4/c16-9(8-1-5-19-6-2-8)15-4-3-12(7-15)10(17)13-11(18)14-12/h8H,1-7H2,(H2,13,14,17,18). The first-order valence-electron chi connectivity index (χ1n) is 6.61. The van der Waals surface area contributed by atoms with Gasteiger partial charge in [-0.15, -0.1) is 0 Å². The quantitative estimate of drug-likeness (QED) is 0.610. The Kier molecular flexibility index (Phi) is 2.93. The van der Waals surface area contributed by atoms with E-state index in [1.54, 1.807) is 4.90 Å². The molecular formula is C12H17N3O4. The van der Waals surface area contributed by atoms with E-state index in [2.05, 4.69) is 10.6 Å². The van der Waals surface area contributed by atoms with E-state index < -0.39 is 11.6 Å².